The van der Waals surface area contributed by atoms with E-state index in [2.05, 4.69) is 4.42 Å². The lowest BCUT2D eigenvalue weighted by atomic mass is 10.0. The van der Waals surface area contributed by atoms with Gasteiger partial charge in [-0.05, 0) is 11.6 Å². The lowest BCUT2D eigenvalue weighted by Crippen LogP contribution is -2.23. The molecule has 2 rings (SSSR count). The standard InChI is InChI=1S/C11H8F3NO2/c12-11(13,14)9-7(5-15)6-3-1-2-4-8(6)17-10(9)16/h1-4H,5,15H2. The van der Waals surface area contributed by atoms with E-state index < -0.39 is 17.4 Å². The first-order valence-electron chi connectivity index (χ1n) is 4.77. The topological polar surface area (TPSA) is 56.2 Å². The van der Waals surface area contributed by atoms with E-state index in [4.69, 9.17) is 5.73 Å². The quantitative estimate of drug-likeness (QED) is 0.781. The van der Waals surface area contributed by atoms with Crippen molar-refractivity contribution in [2.45, 2.75) is 12.7 Å². The van der Waals surface area contributed by atoms with Crippen LogP contribution in [0, 0.1) is 0 Å². The molecule has 0 radical (unpaired) electrons. The van der Waals surface area contributed by atoms with Gasteiger partial charge in [-0.1, -0.05) is 18.2 Å². The van der Waals surface area contributed by atoms with Gasteiger partial charge in [-0.25, -0.2) is 4.79 Å². The third kappa shape index (κ3) is 1.91. The summed E-state index contributed by atoms with van der Waals surface area (Å²) in [5.41, 5.74) is 2.45. The summed E-state index contributed by atoms with van der Waals surface area (Å²) in [5.74, 6) is 0. The first-order valence-corrected chi connectivity index (χ1v) is 4.77. The largest absolute Gasteiger partial charge is 0.423 e. The first-order chi connectivity index (χ1) is 7.95. The number of alkyl halides is 3. The summed E-state index contributed by atoms with van der Waals surface area (Å²) in [7, 11) is 0. The molecule has 0 aliphatic rings. The van der Waals surface area contributed by atoms with Gasteiger partial charge in [0.1, 0.15) is 11.1 Å². The van der Waals surface area contributed by atoms with Crippen LogP contribution < -0.4 is 11.4 Å². The van der Waals surface area contributed by atoms with Gasteiger partial charge in [0, 0.05) is 11.9 Å². The van der Waals surface area contributed by atoms with Crippen molar-refractivity contribution in [1.29, 1.82) is 0 Å². The molecule has 0 amide bonds. The predicted octanol–water partition coefficient (Wildman–Crippen LogP) is 2.27. The molecule has 0 atom stereocenters. The van der Waals surface area contributed by atoms with E-state index in [0.717, 1.165) is 0 Å². The van der Waals surface area contributed by atoms with Crippen molar-refractivity contribution in [2.24, 2.45) is 5.73 Å². The van der Waals surface area contributed by atoms with Crippen molar-refractivity contribution in [3.63, 3.8) is 0 Å². The molecule has 2 N–H and O–H groups in total. The summed E-state index contributed by atoms with van der Waals surface area (Å²) in [5, 5.41) is 0.210. The summed E-state index contributed by atoms with van der Waals surface area (Å²) in [6, 6.07) is 5.99. The van der Waals surface area contributed by atoms with Gasteiger partial charge in [0.2, 0.25) is 0 Å². The van der Waals surface area contributed by atoms with Crippen molar-refractivity contribution in [1.82, 2.24) is 0 Å². The second kappa shape index (κ2) is 3.89. The van der Waals surface area contributed by atoms with E-state index in [0.29, 0.717) is 0 Å². The predicted molar refractivity (Wildman–Crippen MR) is 55.4 cm³/mol. The molecule has 3 nitrogen and oxygen atoms in total. The molecule has 1 aromatic heterocycles. The average molecular weight is 243 g/mol. The van der Waals surface area contributed by atoms with E-state index in [1.54, 1.807) is 12.1 Å². The van der Waals surface area contributed by atoms with Crippen LogP contribution in [0.5, 0.6) is 0 Å². The van der Waals surface area contributed by atoms with E-state index >= 15 is 0 Å². The van der Waals surface area contributed by atoms with Gasteiger partial charge in [0.05, 0.1) is 0 Å². The highest BCUT2D eigenvalue weighted by Gasteiger charge is 2.38. The summed E-state index contributed by atoms with van der Waals surface area (Å²) in [4.78, 5) is 11.3. The molecule has 0 saturated carbocycles. The molecule has 0 aliphatic heterocycles. The lowest BCUT2D eigenvalue weighted by Gasteiger charge is -2.11. The molecule has 0 fully saturated rings. The number of hydrogen-bond acceptors (Lipinski definition) is 3. The molecule has 0 bridgehead atoms. The van der Waals surface area contributed by atoms with Crippen LogP contribution in [0.2, 0.25) is 0 Å². The SMILES string of the molecule is NCc1c(C(F)(F)F)c(=O)oc2ccccc12. The van der Waals surface area contributed by atoms with E-state index in [9.17, 15) is 18.0 Å². The number of halogens is 3. The number of rotatable bonds is 1. The van der Waals surface area contributed by atoms with E-state index in [1.165, 1.54) is 12.1 Å². The van der Waals surface area contributed by atoms with Gasteiger partial charge in [-0.3, -0.25) is 0 Å². The molecule has 0 saturated heterocycles. The third-order valence-corrected chi connectivity index (χ3v) is 2.41. The molecule has 6 heteroatoms. The number of para-hydroxylation sites is 1. The fraction of sp³-hybridized carbons (Fsp3) is 0.182. The summed E-state index contributed by atoms with van der Waals surface area (Å²) in [6.45, 7) is -0.374. The van der Waals surface area contributed by atoms with Crippen molar-refractivity contribution in [3.05, 3.63) is 45.8 Å². The van der Waals surface area contributed by atoms with Crippen LogP contribution in [0.25, 0.3) is 11.0 Å². The van der Waals surface area contributed by atoms with Crippen molar-refractivity contribution < 1.29 is 17.6 Å². The minimum Gasteiger partial charge on any atom is -0.422 e. The van der Waals surface area contributed by atoms with E-state index in [1.807, 2.05) is 0 Å². The Balaban J connectivity index is 2.94. The highest BCUT2D eigenvalue weighted by molar-refractivity contribution is 5.81. The first kappa shape index (κ1) is 11.7. The number of fused-ring (bicyclic) bond motifs is 1. The minimum atomic E-state index is -4.76. The fourth-order valence-corrected chi connectivity index (χ4v) is 1.71. The van der Waals surface area contributed by atoms with E-state index in [-0.39, 0.29) is 23.1 Å². The molecule has 0 unspecified atom stereocenters. The maximum atomic E-state index is 12.7. The van der Waals surface area contributed by atoms with Crippen molar-refractivity contribution >= 4 is 11.0 Å². The zero-order valence-electron chi connectivity index (χ0n) is 8.54. The Morgan fingerprint density at radius 2 is 1.88 bits per heavy atom. The van der Waals surface area contributed by atoms with Gasteiger partial charge in [-0.15, -0.1) is 0 Å². The normalized spacial score (nSPS) is 12.0. The molecule has 2 aromatic rings. The molecular formula is C11H8F3NO2. The van der Waals surface area contributed by atoms with Crippen LogP contribution in [-0.4, -0.2) is 0 Å². The van der Waals surface area contributed by atoms with Gasteiger partial charge in [0.25, 0.3) is 0 Å². The summed E-state index contributed by atoms with van der Waals surface area (Å²) in [6.07, 6.45) is -4.76. The summed E-state index contributed by atoms with van der Waals surface area (Å²) < 4.78 is 42.8. The van der Waals surface area contributed by atoms with Crippen LogP contribution in [-0.2, 0) is 12.7 Å². The monoisotopic (exact) mass is 243 g/mol. The zero-order valence-corrected chi connectivity index (χ0v) is 8.54. The number of hydrogen-bond donors (Lipinski definition) is 1. The Morgan fingerprint density at radius 1 is 1.24 bits per heavy atom. The Hall–Kier alpha value is -1.82. The van der Waals surface area contributed by atoms with Crippen molar-refractivity contribution in [2.75, 3.05) is 0 Å². The van der Waals surface area contributed by atoms with Crippen LogP contribution in [0.15, 0.2) is 33.5 Å². The third-order valence-electron chi connectivity index (χ3n) is 2.41. The lowest BCUT2D eigenvalue weighted by molar-refractivity contribution is -0.140. The molecule has 0 spiro atoms. The Labute approximate surface area is 93.6 Å². The maximum absolute atomic E-state index is 12.7. The average Bonchev–Trinajstić information content (AvgIpc) is 2.25. The Bertz CT molecular complexity index is 616. The van der Waals surface area contributed by atoms with Gasteiger partial charge in [-0.2, -0.15) is 13.2 Å². The molecule has 1 aromatic carbocycles. The Kier molecular flexibility index (Phi) is 2.66. The molecule has 17 heavy (non-hydrogen) atoms. The van der Waals surface area contributed by atoms with Crippen LogP contribution in [0.1, 0.15) is 11.1 Å². The maximum Gasteiger partial charge on any atom is 0.423 e. The molecule has 1 heterocycles. The van der Waals surface area contributed by atoms with Crippen molar-refractivity contribution in [3.8, 4) is 0 Å². The van der Waals surface area contributed by atoms with Gasteiger partial charge >= 0.3 is 11.8 Å². The Morgan fingerprint density at radius 3 is 2.47 bits per heavy atom. The molecule has 0 aliphatic carbocycles. The van der Waals surface area contributed by atoms with Crippen LogP contribution >= 0.6 is 0 Å². The van der Waals surface area contributed by atoms with Gasteiger partial charge in [0.15, 0.2) is 0 Å². The number of benzene rings is 1. The van der Waals surface area contributed by atoms with Gasteiger partial charge < -0.3 is 10.2 Å². The van der Waals surface area contributed by atoms with Crippen LogP contribution in [0.3, 0.4) is 0 Å². The zero-order chi connectivity index (χ0) is 12.6. The highest BCUT2D eigenvalue weighted by Crippen LogP contribution is 2.32. The number of nitrogens with two attached hydrogens (primary N) is 1. The van der Waals surface area contributed by atoms with Crippen LogP contribution in [0.4, 0.5) is 13.2 Å². The smallest absolute Gasteiger partial charge is 0.422 e. The second-order valence-electron chi connectivity index (χ2n) is 3.44. The second-order valence-corrected chi connectivity index (χ2v) is 3.44. The minimum absolute atomic E-state index is 0.103. The highest BCUT2D eigenvalue weighted by atomic mass is 19.4. The molecular weight excluding hydrogens is 235 g/mol. The molecule has 90 valence electrons. The summed E-state index contributed by atoms with van der Waals surface area (Å²) >= 11 is 0. The fourth-order valence-electron chi connectivity index (χ4n) is 1.71.